The lowest BCUT2D eigenvalue weighted by atomic mass is 9.95. The molecule has 2 atom stereocenters. The van der Waals surface area contributed by atoms with E-state index in [1.165, 1.54) is 18.6 Å². The maximum atomic E-state index is 12.9. The van der Waals surface area contributed by atoms with Gasteiger partial charge in [0.25, 0.3) is 0 Å². The average molecular weight is 280 g/mol. The molecule has 2 N–H and O–H groups in total. The topological polar surface area (TPSA) is 35.5 Å². The van der Waals surface area contributed by atoms with Gasteiger partial charge in [0, 0.05) is 32.3 Å². The Morgan fingerprint density at radius 3 is 2.75 bits per heavy atom. The van der Waals surface area contributed by atoms with E-state index in [2.05, 4.69) is 17.1 Å². The predicted molar refractivity (Wildman–Crippen MR) is 79.0 cm³/mol. The van der Waals surface area contributed by atoms with Crippen LogP contribution < -0.4 is 5.32 Å². The van der Waals surface area contributed by atoms with Gasteiger partial charge in [-0.05, 0) is 43.0 Å². The van der Waals surface area contributed by atoms with Crippen molar-refractivity contribution in [2.24, 2.45) is 5.92 Å². The summed E-state index contributed by atoms with van der Waals surface area (Å²) in [4.78, 5) is 2.43. The minimum Gasteiger partial charge on any atom is -0.396 e. The number of nitrogens with one attached hydrogen (secondary N) is 1. The van der Waals surface area contributed by atoms with E-state index in [0.29, 0.717) is 12.0 Å². The smallest absolute Gasteiger partial charge is 0.123 e. The van der Waals surface area contributed by atoms with E-state index in [1.807, 2.05) is 12.1 Å². The number of rotatable bonds is 6. The van der Waals surface area contributed by atoms with Crippen molar-refractivity contribution < 1.29 is 9.50 Å². The highest BCUT2D eigenvalue weighted by molar-refractivity contribution is 5.16. The fourth-order valence-corrected chi connectivity index (χ4v) is 2.97. The summed E-state index contributed by atoms with van der Waals surface area (Å²) >= 11 is 0. The Labute approximate surface area is 120 Å². The number of likely N-dealkylation sites (tertiary alicyclic amines) is 1. The van der Waals surface area contributed by atoms with Crippen LogP contribution >= 0.6 is 0 Å². The van der Waals surface area contributed by atoms with Crippen LogP contribution in [-0.2, 0) is 6.54 Å². The van der Waals surface area contributed by atoms with Crippen molar-refractivity contribution in [2.75, 3.05) is 26.2 Å². The molecule has 0 radical (unpaired) electrons. The molecular weight excluding hydrogens is 255 g/mol. The Bertz CT molecular complexity index is 396. The zero-order chi connectivity index (χ0) is 14.4. The molecule has 2 rings (SSSR count). The first-order valence-electron chi connectivity index (χ1n) is 7.48. The zero-order valence-corrected chi connectivity index (χ0v) is 12.2. The second-order valence-corrected chi connectivity index (χ2v) is 5.89. The van der Waals surface area contributed by atoms with Gasteiger partial charge in [-0.25, -0.2) is 4.39 Å². The zero-order valence-electron chi connectivity index (χ0n) is 12.2. The maximum absolute atomic E-state index is 12.9. The Hall–Kier alpha value is -0.970. The van der Waals surface area contributed by atoms with Crippen molar-refractivity contribution in [3.8, 4) is 0 Å². The summed E-state index contributed by atoms with van der Waals surface area (Å²) in [6.45, 7) is 6.38. The number of nitrogens with zero attached hydrogens (tertiary/aromatic N) is 1. The lowest BCUT2D eigenvalue weighted by Gasteiger charge is -2.37. The first-order chi connectivity index (χ1) is 9.67. The summed E-state index contributed by atoms with van der Waals surface area (Å²) in [6, 6.07) is 7.27. The van der Waals surface area contributed by atoms with E-state index in [0.717, 1.165) is 38.2 Å². The number of aliphatic hydroxyl groups excluding tert-OH is 1. The van der Waals surface area contributed by atoms with E-state index in [-0.39, 0.29) is 12.4 Å². The molecule has 1 fully saturated rings. The number of hydrogen-bond donors (Lipinski definition) is 2. The molecule has 3 nitrogen and oxygen atoms in total. The van der Waals surface area contributed by atoms with Crippen LogP contribution in [0.1, 0.15) is 25.3 Å². The fraction of sp³-hybridized carbons (Fsp3) is 0.625. The van der Waals surface area contributed by atoms with E-state index in [4.69, 9.17) is 5.11 Å². The number of hydrogen-bond acceptors (Lipinski definition) is 3. The predicted octanol–water partition coefficient (Wildman–Crippen LogP) is 2.01. The second-order valence-electron chi connectivity index (χ2n) is 5.89. The van der Waals surface area contributed by atoms with E-state index < -0.39 is 0 Å². The number of benzene rings is 1. The molecule has 20 heavy (non-hydrogen) atoms. The second kappa shape index (κ2) is 7.72. The van der Waals surface area contributed by atoms with Gasteiger partial charge in [-0.3, -0.25) is 4.90 Å². The fourth-order valence-electron chi connectivity index (χ4n) is 2.97. The highest BCUT2D eigenvalue weighted by atomic mass is 19.1. The van der Waals surface area contributed by atoms with Crippen molar-refractivity contribution in [3.05, 3.63) is 35.6 Å². The monoisotopic (exact) mass is 280 g/mol. The van der Waals surface area contributed by atoms with Crippen molar-refractivity contribution in [1.82, 2.24) is 10.2 Å². The lowest BCUT2D eigenvalue weighted by molar-refractivity contribution is 0.141. The van der Waals surface area contributed by atoms with Crippen molar-refractivity contribution in [3.63, 3.8) is 0 Å². The van der Waals surface area contributed by atoms with Crippen molar-refractivity contribution >= 4 is 0 Å². The molecule has 1 aliphatic rings. The first-order valence-corrected chi connectivity index (χ1v) is 7.48. The van der Waals surface area contributed by atoms with Gasteiger partial charge in [-0.2, -0.15) is 0 Å². The molecule has 1 heterocycles. The van der Waals surface area contributed by atoms with Crippen molar-refractivity contribution in [2.45, 2.75) is 32.4 Å². The van der Waals surface area contributed by atoms with E-state index in [1.54, 1.807) is 0 Å². The third-order valence-electron chi connectivity index (χ3n) is 3.82. The maximum Gasteiger partial charge on any atom is 0.123 e. The van der Waals surface area contributed by atoms with Gasteiger partial charge in [0.1, 0.15) is 5.82 Å². The molecule has 0 bridgehead atoms. The van der Waals surface area contributed by atoms with Gasteiger partial charge in [0.15, 0.2) is 0 Å². The molecule has 4 heteroatoms. The number of halogens is 1. The molecule has 0 aromatic heterocycles. The molecule has 1 aromatic carbocycles. The Morgan fingerprint density at radius 2 is 2.05 bits per heavy atom. The molecule has 0 aliphatic carbocycles. The summed E-state index contributed by atoms with van der Waals surface area (Å²) in [5.74, 6) is 0.486. The SMILES string of the molecule is CC1CC(NCCCO)CN(Cc2ccc(F)cc2)C1. The van der Waals surface area contributed by atoms with Crippen LogP contribution in [0, 0.1) is 11.7 Å². The van der Waals surface area contributed by atoms with Gasteiger partial charge >= 0.3 is 0 Å². The molecule has 112 valence electrons. The first kappa shape index (κ1) is 15.4. The van der Waals surface area contributed by atoms with E-state index in [9.17, 15) is 4.39 Å². The van der Waals surface area contributed by atoms with Gasteiger partial charge in [0.05, 0.1) is 0 Å². The Morgan fingerprint density at radius 1 is 1.30 bits per heavy atom. The number of aliphatic hydroxyl groups is 1. The summed E-state index contributed by atoms with van der Waals surface area (Å²) in [5, 5.41) is 12.4. The highest BCUT2D eigenvalue weighted by Gasteiger charge is 2.24. The molecule has 0 saturated carbocycles. The largest absolute Gasteiger partial charge is 0.396 e. The summed E-state index contributed by atoms with van der Waals surface area (Å²) in [6.07, 6.45) is 1.99. The molecule has 2 unspecified atom stereocenters. The van der Waals surface area contributed by atoms with Crippen LogP contribution in [0.25, 0.3) is 0 Å². The van der Waals surface area contributed by atoms with Gasteiger partial charge in [0.2, 0.25) is 0 Å². The molecule has 1 aromatic rings. The van der Waals surface area contributed by atoms with Crippen LogP contribution in [0.3, 0.4) is 0 Å². The normalized spacial score (nSPS) is 23.9. The third kappa shape index (κ3) is 4.85. The summed E-state index contributed by atoms with van der Waals surface area (Å²) in [5.41, 5.74) is 1.16. The van der Waals surface area contributed by atoms with Crippen LogP contribution in [0.15, 0.2) is 24.3 Å². The average Bonchev–Trinajstić information content (AvgIpc) is 2.41. The van der Waals surface area contributed by atoms with Crippen LogP contribution in [0.2, 0.25) is 0 Å². The quantitative estimate of drug-likeness (QED) is 0.783. The minimum atomic E-state index is -0.177. The Kier molecular flexibility index (Phi) is 5.95. The third-order valence-corrected chi connectivity index (χ3v) is 3.82. The summed E-state index contributed by atoms with van der Waals surface area (Å²) in [7, 11) is 0. The minimum absolute atomic E-state index is 0.177. The standard InChI is InChI=1S/C16H25FN2O/c1-13-9-16(18-7-2-8-20)12-19(10-13)11-14-3-5-15(17)6-4-14/h3-6,13,16,18,20H,2,7-12H2,1H3. The van der Waals surface area contributed by atoms with Crippen LogP contribution in [-0.4, -0.2) is 42.3 Å². The lowest BCUT2D eigenvalue weighted by Crippen LogP contribution is -2.48. The van der Waals surface area contributed by atoms with Crippen LogP contribution in [0.5, 0.6) is 0 Å². The van der Waals surface area contributed by atoms with Crippen molar-refractivity contribution in [1.29, 1.82) is 0 Å². The van der Waals surface area contributed by atoms with Gasteiger partial charge in [-0.15, -0.1) is 0 Å². The number of piperidine rings is 1. The molecular formula is C16H25FN2O. The highest BCUT2D eigenvalue weighted by Crippen LogP contribution is 2.18. The summed E-state index contributed by atoms with van der Waals surface area (Å²) < 4.78 is 12.9. The molecule has 0 spiro atoms. The molecule has 1 aliphatic heterocycles. The van der Waals surface area contributed by atoms with E-state index >= 15 is 0 Å². The molecule has 1 saturated heterocycles. The van der Waals surface area contributed by atoms with Gasteiger partial charge in [-0.1, -0.05) is 19.1 Å². The Balaban J connectivity index is 1.85. The molecule has 0 amide bonds. The van der Waals surface area contributed by atoms with Crippen LogP contribution in [0.4, 0.5) is 4.39 Å². The van der Waals surface area contributed by atoms with Gasteiger partial charge < -0.3 is 10.4 Å².